The molecular weight excluding hydrogens is 214 g/mol. The monoisotopic (exact) mass is 225 g/mol. The SMILES string of the molecule is Nc1ccc(N2C(=O)Cc3cccnc32)cc1. The molecule has 0 spiro atoms. The van der Waals surface area contributed by atoms with Crippen LogP contribution in [-0.2, 0) is 11.2 Å². The summed E-state index contributed by atoms with van der Waals surface area (Å²) < 4.78 is 0. The van der Waals surface area contributed by atoms with Gasteiger partial charge in [-0.3, -0.25) is 9.69 Å². The molecule has 0 radical (unpaired) electrons. The lowest BCUT2D eigenvalue weighted by molar-refractivity contribution is -0.116. The number of nitrogens with two attached hydrogens (primary N) is 1. The zero-order valence-electron chi connectivity index (χ0n) is 9.13. The topological polar surface area (TPSA) is 59.2 Å². The molecule has 3 rings (SSSR count). The van der Waals surface area contributed by atoms with E-state index in [0.29, 0.717) is 12.1 Å². The van der Waals surface area contributed by atoms with Crippen LogP contribution in [0.25, 0.3) is 0 Å². The number of hydrogen-bond donors (Lipinski definition) is 1. The molecule has 0 aliphatic carbocycles. The van der Waals surface area contributed by atoms with Crippen LogP contribution in [0.2, 0.25) is 0 Å². The van der Waals surface area contributed by atoms with Gasteiger partial charge in [0, 0.05) is 17.4 Å². The molecule has 2 heterocycles. The molecule has 0 saturated carbocycles. The zero-order chi connectivity index (χ0) is 11.8. The lowest BCUT2D eigenvalue weighted by Gasteiger charge is -2.16. The number of pyridine rings is 1. The second-order valence-corrected chi connectivity index (χ2v) is 3.98. The molecule has 1 amide bonds. The number of amides is 1. The van der Waals surface area contributed by atoms with Gasteiger partial charge in [-0.2, -0.15) is 0 Å². The molecule has 1 aromatic heterocycles. The van der Waals surface area contributed by atoms with E-state index in [9.17, 15) is 4.79 Å². The molecule has 17 heavy (non-hydrogen) atoms. The summed E-state index contributed by atoms with van der Waals surface area (Å²) >= 11 is 0. The minimum absolute atomic E-state index is 0.0449. The van der Waals surface area contributed by atoms with Crippen LogP contribution in [0.3, 0.4) is 0 Å². The van der Waals surface area contributed by atoms with E-state index >= 15 is 0 Å². The molecule has 84 valence electrons. The smallest absolute Gasteiger partial charge is 0.237 e. The van der Waals surface area contributed by atoms with Crippen molar-refractivity contribution in [1.29, 1.82) is 0 Å². The standard InChI is InChI=1S/C13H11N3O/c14-10-3-5-11(6-4-10)16-12(17)8-9-2-1-7-15-13(9)16/h1-7H,8,14H2. The van der Waals surface area contributed by atoms with Gasteiger partial charge in [0.05, 0.1) is 12.1 Å². The fourth-order valence-electron chi connectivity index (χ4n) is 2.02. The molecule has 2 N–H and O–H groups in total. The molecule has 4 heteroatoms. The molecule has 0 atom stereocenters. The Morgan fingerprint density at radius 3 is 2.71 bits per heavy atom. The van der Waals surface area contributed by atoms with Crippen LogP contribution in [0.15, 0.2) is 42.6 Å². The Balaban J connectivity index is 2.09. The number of carbonyl (C=O) groups excluding carboxylic acids is 1. The number of nitrogens with zero attached hydrogens (tertiary/aromatic N) is 2. The van der Waals surface area contributed by atoms with Gasteiger partial charge in [-0.1, -0.05) is 6.07 Å². The summed E-state index contributed by atoms with van der Waals surface area (Å²) in [6.07, 6.45) is 2.11. The second kappa shape index (κ2) is 3.59. The molecule has 4 nitrogen and oxygen atoms in total. The molecule has 2 aromatic rings. The van der Waals surface area contributed by atoms with E-state index in [4.69, 9.17) is 5.73 Å². The largest absolute Gasteiger partial charge is 0.399 e. The van der Waals surface area contributed by atoms with Gasteiger partial charge >= 0.3 is 0 Å². The average Bonchev–Trinajstić information content (AvgIpc) is 2.66. The lowest BCUT2D eigenvalue weighted by Crippen LogP contribution is -2.21. The van der Waals surface area contributed by atoms with Crippen molar-refractivity contribution in [3.8, 4) is 0 Å². The predicted molar refractivity (Wildman–Crippen MR) is 65.9 cm³/mol. The van der Waals surface area contributed by atoms with Gasteiger partial charge in [-0.15, -0.1) is 0 Å². The van der Waals surface area contributed by atoms with Crippen molar-refractivity contribution >= 4 is 23.1 Å². The van der Waals surface area contributed by atoms with E-state index in [1.165, 1.54) is 0 Å². The zero-order valence-corrected chi connectivity index (χ0v) is 9.13. The van der Waals surface area contributed by atoms with Crippen molar-refractivity contribution in [2.75, 3.05) is 10.6 Å². The number of hydrogen-bond acceptors (Lipinski definition) is 3. The summed E-state index contributed by atoms with van der Waals surface area (Å²) in [7, 11) is 0. The Labute approximate surface area is 98.7 Å². The van der Waals surface area contributed by atoms with E-state index in [2.05, 4.69) is 4.98 Å². The Morgan fingerprint density at radius 1 is 1.18 bits per heavy atom. The summed E-state index contributed by atoms with van der Waals surface area (Å²) in [5.41, 5.74) is 8.09. The number of nitrogen functional groups attached to an aromatic ring is 1. The minimum atomic E-state index is 0.0449. The molecular formula is C13H11N3O. The average molecular weight is 225 g/mol. The third-order valence-corrected chi connectivity index (χ3v) is 2.82. The van der Waals surface area contributed by atoms with Crippen LogP contribution in [0.4, 0.5) is 17.2 Å². The predicted octanol–water partition coefficient (Wildman–Crippen LogP) is 1.88. The number of carbonyl (C=O) groups is 1. The first-order chi connectivity index (χ1) is 8.25. The third-order valence-electron chi connectivity index (χ3n) is 2.82. The summed E-state index contributed by atoms with van der Waals surface area (Å²) in [4.78, 5) is 17.9. The van der Waals surface area contributed by atoms with Gasteiger partial charge in [0.1, 0.15) is 5.82 Å². The van der Waals surface area contributed by atoms with Crippen LogP contribution >= 0.6 is 0 Å². The first kappa shape index (κ1) is 9.84. The van der Waals surface area contributed by atoms with Gasteiger partial charge in [0.15, 0.2) is 0 Å². The molecule has 0 unspecified atom stereocenters. The maximum atomic E-state index is 12.0. The van der Waals surface area contributed by atoms with E-state index < -0.39 is 0 Å². The van der Waals surface area contributed by atoms with Gasteiger partial charge in [-0.05, 0) is 30.3 Å². The van der Waals surface area contributed by atoms with Crippen LogP contribution < -0.4 is 10.6 Å². The molecule has 1 aliphatic heterocycles. The fraction of sp³-hybridized carbons (Fsp3) is 0.0769. The Hall–Kier alpha value is -2.36. The highest BCUT2D eigenvalue weighted by atomic mass is 16.2. The number of fused-ring (bicyclic) bond motifs is 1. The van der Waals surface area contributed by atoms with Gasteiger partial charge < -0.3 is 5.73 Å². The normalized spacial score (nSPS) is 13.9. The van der Waals surface area contributed by atoms with Crippen molar-refractivity contribution < 1.29 is 4.79 Å². The molecule has 1 aliphatic rings. The number of aromatic nitrogens is 1. The van der Waals surface area contributed by atoms with Crippen molar-refractivity contribution in [3.05, 3.63) is 48.2 Å². The van der Waals surface area contributed by atoms with Crippen LogP contribution in [0.5, 0.6) is 0 Å². The van der Waals surface area contributed by atoms with Crippen LogP contribution in [0.1, 0.15) is 5.56 Å². The highest BCUT2D eigenvalue weighted by Crippen LogP contribution is 2.33. The highest BCUT2D eigenvalue weighted by molar-refractivity contribution is 6.06. The van der Waals surface area contributed by atoms with Crippen molar-refractivity contribution in [3.63, 3.8) is 0 Å². The summed E-state index contributed by atoms with van der Waals surface area (Å²) in [5, 5.41) is 0. The van der Waals surface area contributed by atoms with Crippen molar-refractivity contribution in [2.45, 2.75) is 6.42 Å². The quantitative estimate of drug-likeness (QED) is 0.754. The molecule has 1 aromatic carbocycles. The lowest BCUT2D eigenvalue weighted by atomic mass is 10.2. The highest BCUT2D eigenvalue weighted by Gasteiger charge is 2.29. The third kappa shape index (κ3) is 1.54. The van der Waals surface area contributed by atoms with E-state index in [0.717, 1.165) is 17.1 Å². The number of benzene rings is 1. The maximum absolute atomic E-state index is 12.0. The molecule has 0 bridgehead atoms. The summed E-state index contributed by atoms with van der Waals surface area (Å²) in [6, 6.07) is 11.0. The maximum Gasteiger partial charge on any atom is 0.237 e. The second-order valence-electron chi connectivity index (χ2n) is 3.98. The van der Waals surface area contributed by atoms with E-state index in [1.54, 1.807) is 23.2 Å². The van der Waals surface area contributed by atoms with E-state index in [1.807, 2.05) is 24.3 Å². The summed E-state index contributed by atoms with van der Waals surface area (Å²) in [6.45, 7) is 0. The summed E-state index contributed by atoms with van der Waals surface area (Å²) in [5.74, 6) is 0.769. The van der Waals surface area contributed by atoms with Crippen molar-refractivity contribution in [2.24, 2.45) is 0 Å². The van der Waals surface area contributed by atoms with Gasteiger partial charge in [0.2, 0.25) is 5.91 Å². The van der Waals surface area contributed by atoms with Crippen LogP contribution in [-0.4, -0.2) is 10.9 Å². The first-order valence-electron chi connectivity index (χ1n) is 5.38. The first-order valence-corrected chi connectivity index (χ1v) is 5.38. The minimum Gasteiger partial charge on any atom is -0.399 e. The van der Waals surface area contributed by atoms with Gasteiger partial charge in [-0.25, -0.2) is 4.98 Å². The number of anilines is 3. The molecule has 0 saturated heterocycles. The fourth-order valence-corrected chi connectivity index (χ4v) is 2.02. The molecule has 0 fully saturated rings. The number of rotatable bonds is 1. The Bertz CT molecular complexity index is 577. The van der Waals surface area contributed by atoms with Gasteiger partial charge in [0.25, 0.3) is 0 Å². The Morgan fingerprint density at radius 2 is 1.94 bits per heavy atom. The van der Waals surface area contributed by atoms with Crippen LogP contribution in [0, 0.1) is 0 Å². The van der Waals surface area contributed by atoms with Crippen molar-refractivity contribution in [1.82, 2.24) is 4.98 Å². The van der Waals surface area contributed by atoms with E-state index in [-0.39, 0.29) is 5.91 Å². The Kier molecular flexibility index (Phi) is 2.08.